The Hall–Kier alpha value is -2.42. The fraction of sp³-hybridized carbons (Fsp3) is 0.125. The Bertz CT molecular complexity index is 632. The van der Waals surface area contributed by atoms with Crippen LogP contribution in [0, 0.1) is 0 Å². The molecule has 0 spiro atoms. The minimum absolute atomic E-state index is 0.655. The number of benzene rings is 2. The Labute approximate surface area is 112 Å². The first-order valence-electron chi connectivity index (χ1n) is 6.08. The van der Waals surface area contributed by atoms with Gasteiger partial charge in [0.25, 0.3) is 0 Å². The highest BCUT2D eigenvalue weighted by atomic mass is 16.5. The third-order valence-electron chi connectivity index (χ3n) is 3.35. The summed E-state index contributed by atoms with van der Waals surface area (Å²) in [6.45, 7) is 3.86. The molecule has 0 saturated carbocycles. The van der Waals surface area contributed by atoms with Gasteiger partial charge >= 0.3 is 0 Å². The third kappa shape index (κ3) is 1.93. The molecule has 3 nitrogen and oxygen atoms in total. The Morgan fingerprint density at radius 3 is 2.42 bits per heavy atom. The SMILES string of the molecule is C=C1Oc2ccc(-c3ccc(OC)cc3)cc2N1C. The van der Waals surface area contributed by atoms with Gasteiger partial charge in [-0.1, -0.05) is 18.2 Å². The van der Waals surface area contributed by atoms with Crippen molar-refractivity contribution in [2.45, 2.75) is 0 Å². The highest BCUT2D eigenvalue weighted by Crippen LogP contribution is 2.40. The lowest BCUT2D eigenvalue weighted by atomic mass is 10.0. The molecular formula is C16H15NO2. The predicted molar refractivity (Wildman–Crippen MR) is 76.6 cm³/mol. The van der Waals surface area contributed by atoms with E-state index in [1.54, 1.807) is 7.11 Å². The van der Waals surface area contributed by atoms with Crippen LogP contribution in [0.3, 0.4) is 0 Å². The van der Waals surface area contributed by atoms with Crippen LogP contribution in [0.4, 0.5) is 5.69 Å². The monoisotopic (exact) mass is 253 g/mol. The van der Waals surface area contributed by atoms with Crippen molar-refractivity contribution in [3.8, 4) is 22.6 Å². The van der Waals surface area contributed by atoms with E-state index in [1.807, 2.05) is 48.3 Å². The molecule has 0 aromatic heterocycles. The summed E-state index contributed by atoms with van der Waals surface area (Å²) in [7, 11) is 3.62. The van der Waals surface area contributed by atoms with Gasteiger partial charge in [-0.05, 0) is 42.0 Å². The van der Waals surface area contributed by atoms with Crippen molar-refractivity contribution in [3.63, 3.8) is 0 Å². The largest absolute Gasteiger partial charge is 0.497 e. The van der Waals surface area contributed by atoms with Gasteiger partial charge in [0.1, 0.15) is 5.75 Å². The Morgan fingerprint density at radius 2 is 1.74 bits per heavy atom. The van der Waals surface area contributed by atoms with E-state index in [0.29, 0.717) is 5.88 Å². The second kappa shape index (κ2) is 4.35. The van der Waals surface area contributed by atoms with Crippen molar-refractivity contribution in [1.29, 1.82) is 0 Å². The van der Waals surface area contributed by atoms with Crippen LogP contribution in [0.25, 0.3) is 11.1 Å². The first kappa shape index (κ1) is 11.7. The van der Waals surface area contributed by atoms with Crippen LogP contribution in [-0.4, -0.2) is 14.2 Å². The van der Waals surface area contributed by atoms with E-state index in [1.165, 1.54) is 0 Å². The molecule has 2 aromatic rings. The molecule has 0 unspecified atom stereocenters. The summed E-state index contributed by atoms with van der Waals surface area (Å²) in [5.74, 6) is 2.37. The second-order valence-electron chi connectivity index (χ2n) is 4.47. The zero-order valence-corrected chi connectivity index (χ0v) is 11.0. The van der Waals surface area contributed by atoms with Crippen LogP contribution >= 0.6 is 0 Å². The van der Waals surface area contributed by atoms with Crippen molar-refractivity contribution in [3.05, 3.63) is 54.9 Å². The van der Waals surface area contributed by atoms with Gasteiger partial charge in [-0.25, -0.2) is 0 Å². The maximum absolute atomic E-state index is 5.56. The second-order valence-corrected chi connectivity index (χ2v) is 4.47. The van der Waals surface area contributed by atoms with Crippen LogP contribution in [-0.2, 0) is 0 Å². The maximum atomic E-state index is 5.56. The fourth-order valence-corrected chi connectivity index (χ4v) is 2.16. The van der Waals surface area contributed by atoms with Gasteiger partial charge < -0.3 is 14.4 Å². The molecule has 0 amide bonds. The van der Waals surface area contributed by atoms with Gasteiger partial charge in [0.05, 0.1) is 12.8 Å². The summed E-state index contributed by atoms with van der Waals surface area (Å²) in [6, 6.07) is 14.1. The summed E-state index contributed by atoms with van der Waals surface area (Å²) in [5.41, 5.74) is 3.33. The molecule has 0 saturated heterocycles. The lowest BCUT2D eigenvalue weighted by Crippen LogP contribution is -2.11. The van der Waals surface area contributed by atoms with Gasteiger partial charge in [0.2, 0.25) is 0 Å². The molecule has 1 heterocycles. The average molecular weight is 253 g/mol. The van der Waals surface area contributed by atoms with Crippen LogP contribution < -0.4 is 14.4 Å². The van der Waals surface area contributed by atoms with E-state index >= 15 is 0 Å². The molecule has 1 aliphatic rings. The van der Waals surface area contributed by atoms with Crippen LogP contribution in [0.5, 0.6) is 11.5 Å². The molecular weight excluding hydrogens is 238 g/mol. The summed E-state index contributed by atoms with van der Waals surface area (Å²) < 4.78 is 10.7. The van der Waals surface area contributed by atoms with Crippen molar-refractivity contribution in [2.75, 3.05) is 19.1 Å². The van der Waals surface area contributed by atoms with E-state index < -0.39 is 0 Å². The lowest BCUT2D eigenvalue weighted by molar-refractivity contribution is 0.415. The van der Waals surface area contributed by atoms with E-state index in [4.69, 9.17) is 9.47 Å². The molecule has 0 radical (unpaired) electrons. The molecule has 3 rings (SSSR count). The summed E-state index contributed by atoms with van der Waals surface area (Å²) in [6.07, 6.45) is 0. The average Bonchev–Trinajstić information content (AvgIpc) is 2.74. The van der Waals surface area contributed by atoms with Gasteiger partial charge in [0.15, 0.2) is 11.6 Å². The number of nitrogens with zero attached hydrogens (tertiary/aromatic N) is 1. The highest BCUT2D eigenvalue weighted by Gasteiger charge is 2.21. The zero-order chi connectivity index (χ0) is 13.4. The molecule has 96 valence electrons. The van der Waals surface area contributed by atoms with Gasteiger partial charge in [0, 0.05) is 7.05 Å². The first-order valence-corrected chi connectivity index (χ1v) is 6.08. The van der Waals surface area contributed by atoms with Crippen LogP contribution in [0.2, 0.25) is 0 Å². The molecule has 0 atom stereocenters. The molecule has 0 aliphatic carbocycles. The molecule has 0 N–H and O–H groups in total. The zero-order valence-electron chi connectivity index (χ0n) is 11.0. The number of hydrogen-bond acceptors (Lipinski definition) is 3. The van der Waals surface area contributed by atoms with Crippen molar-refractivity contribution in [2.24, 2.45) is 0 Å². The van der Waals surface area contributed by atoms with E-state index in [-0.39, 0.29) is 0 Å². The van der Waals surface area contributed by atoms with Crippen LogP contribution in [0.1, 0.15) is 0 Å². The minimum Gasteiger partial charge on any atom is -0.497 e. The lowest BCUT2D eigenvalue weighted by Gasteiger charge is -2.10. The van der Waals surface area contributed by atoms with Gasteiger partial charge in [-0.2, -0.15) is 0 Å². The number of anilines is 1. The van der Waals surface area contributed by atoms with Crippen LogP contribution in [0.15, 0.2) is 54.9 Å². The number of hydrogen-bond donors (Lipinski definition) is 0. The van der Waals surface area contributed by atoms with Crippen molar-refractivity contribution < 1.29 is 9.47 Å². The van der Waals surface area contributed by atoms with E-state index in [9.17, 15) is 0 Å². The molecule has 2 aromatic carbocycles. The third-order valence-corrected chi connectivity index (χ3v) is 3.35. The molecule has 3 heteroatoms. The van der Waals surface area contributed by atoms with E-state index in [0.717, 1.165) is 28.3 Å². The standard InChI is InChI=1S/C16H15NO2/c1-11-17(2)15-10-13(6-9-16(15)19-11)12-4-7-14(18-3)8-5-12/h4-10H,1H2,2-3H3. The molecule has 0 fully saturated rings. The molecule has 1 aliphatic heterocycles. The predicted octanol–water partition coefficient (Wildman–Crippen LogP) is 3.66. The van der Waals surface area contributed by atoms with Gasteiger partial charge in [-0.15, -0.1) is 0 Å². The smallest absolute Gasteiger partial charge is 0.193 e. The molecule has 19 heavy (non-hydrogen) atoms. The Kier molecular flexibility index (Phi) is 2.67. The number of fused-ring (bicyclic) bond motifs is 1. The van der Waals surface area contributed by atoms with E-state index in [2.05, 4.69) is 12.6 Å². The highest BCUT2D eigenvalue weighted by molar-refractivity contribution is 5.75. The van der Waals surface area contributed by atoms with Gasteiger partial charge in [-0.3, -0.25) is 0 Å². The topological polar surface area (TPSA) is 21.7 Å². The van der Waals surface area contributed by atoms with Crippen molar-refractivity contribution >= 4 is 5.69 Å². The quantitative estimate of drug-likeness (QED) is 0.815. The summed E-state index contributed by atoms with van der Waals surface area (Å²) in [4.78, 5) is 1.95. The number of rotatable bonds is 2. The number of methoxy groups -OCH3 is 1. The van der Waals surface area contributed by atoms with Crippen molar-refractivity contribution in [1.82, 2.24) is 0 Å². The summed E-state index contributed by atoms with van der Waals surface area (Å²) >= 11 is 0. The molecule has 0 bridgehead atoms. The Morgan fingerprint density at radius 1 is 1.05 bits per heavy atom. The maximum Gasteiger partial charge on any atom is 0.193 e. The minimum atomic E-state index is 0.655. The normalized spacial score (nSPS) is 13.2. The number of ether oxygens (including phenoxy) is 2. The Balaban J connectivity index is 2.00. The first-order chi connectivity index (χ1) is 9.19. The fourth-order valence-electron chi connectivity index (χ4n) is 2.16. The summed E-state index contributed by atoms with van der Waals surface area (Å²) in [5, 5.41) is 0.